The molecular formula is C29H26ClN5O. The molecule has 5 aromatic rings. The van der Waals surface area contributed by atoms with Gasteiger partial charge >= 0.3 is 0 Å². The molecule has 0 bridgehead atoms. The first-order valence-electron chi connectivity index (χ1n) is 12.1. The lowest BCUT2D eigenvalue weighted by Gasteiger charge is -2.32. The van der Waals surface area contributed by atoms with Crippen LogP contribution in [0.1, 0.15) is 6.92 Å². The Balaban J connectivity index is 1.29. The van der Waals surface area contributed by atoms with Crippen molar-refractivity contribution in [3.8, 4) is 22.6 Å². The number of H-pyrrole nitrogens is 1. The molecule has 1 aliphatic rings. The van der Waals surface area contributed by atoms with Crippen LogP contribution < -0.4 is 10.2 Å². The van der Waals surface area contributed by atoms with Gasteiger partial charge in [0.2, 0.25) is 0 Å². The predicted molar refractivity (Wildman–Crippen MR) is 147 cm³/mol. The second-order valence-electron chi connectivity index (χ2n) is 9.00. The Morgan fingerprint density at radius 3 is 2.78 bits per heavy atom. The summed E-state index contributed by atoms with van der Waals surface area (Å²) < 4.78 is 5.68. The Kier molecular flexibility index (Phi) is 6.05. The SMILES string of the molecule is C[C@@H]1CN(c2ccc3c(Nc4ccc(Cl)c(-c5ncc(-c6ccccc6)[nH]5)c4)cccc3n2)CCO1. The van der Waals surface area contributed by atoms with Gasteiger partial charge in [-0.25, -0.2) is 9.97 Å². The smallest absolute Gasteiger partial charge is 0.139 e. The molecule has 2 aromatic heterocycles. The van der Waals surface area contributed by atoms with Crippen LogP contribution in [0.2, 0.25) is 5.02 Å². The topological polar surface area (TPSA) is 66.1 Å². The first-order valence-corrected chi connectivity index (χ1v) is 12.5. The molecule has 180 valence electrons. The number of imidazole rings is 1. The maximum Gasteiger partial charge on any atom is 0.139 e. The standard InChI is InChI=1S/C29H26ClN5O/c1-19-18-35(14-15-36-19)28-13-11-22-25(8-5-9-26(22)33-28)32-21-10-12-24(30)23(16-21)29-31-17-27(34-29)20-6-3-2-4-7-20/h2-13,16-17,19,32H,14-15,18H2,1H3,(H,31,34)/t19-/m1/s1. The van der Waals surface area contributed by atoms with Crippen molar-refractivity contribution in [2.75, 3.05) is 29.9 Å². The fourth-order valence-electron chi connectivity index (χ4n) is 4.62. The Morgan fingerprint density at radius 2 is 1.92 bits per heavy atom. The van der Waals surface area contributed by atoms with Gasteiger partial charge in [-0.2, -0.15) is 0 Å². The zero-order valence-corrected chi connectivity index (χ0v) is 20.7. The quantitative estimate of drug-likeness (QED) is 0.277. The lowest BCUT2D eigenvalue weighted by atomic mass is 10.1. The van der Waals surface area contributed by atoms with Crippen LogP contribution in [0.4, 0.5) is 17.2 Å². The number of morpholine rings is 1. The number of nitrogens with one attached hydrogen (secondary N) is 2. The highest BCUT2D eigenvalue weighted by Gasteiger charge is 2.18. The Hall–Kier alpha value is -3.87. The Morgan fingerprint density at radius 1 is 1.03 bits per heavy atom. The number of hydrogen-bond acceptors (Lipinski definition) is 5. The lowest BCUT2D eigenvalue weighted by molar-refractivity contribution is 0.0529. The molecule has 3 aromatic carbocycles. The van der Waals surface area contributed by atoms with Gasteiger partial charge in [0.05, 0.1) is 35.1 Å². The summed E-state index contributed by atoms with van der Waals surface area (Å²) in [5, 5.41) is 5.25. The molecule has 7 heteroatoms. The highest BCUT2D eigenvalue weighted by atomic mass is 35.5. The molecule has 0 spiro atoms. The summed E-state index contributed by atoms with van der Waals surface area (Å²) >= 11 is 6.57. The van der Waals surface area contributed by atoms with Gasteiger partial charge in [0, 0.05) is 35.4 Å². The number of benzene rings is 3. The van der Waals surface area contributed by atoms with E-state index in [4.69, 9.17) is 21.3 Å². The molecule has 6 rings (SSSR count). The molecule has 0 amide bonds. The largest absolute Gasteiger partial charge is 0.375 e. The van der Waals surface area contributed by atoms with E-state index in [0.29, 0.717) is 5.02 Å². The maximum atomic E-state index is 6.57. The Labute approximate surface area is 214 Å². The number of ether oxygens (including phenoxy) is 1. The second-order valence-corrected chi connectivity index (χ2v) is 9.41. The predicted octanol–water partition coefficient (Wildman–Crippen LogP) is 6.91. The number of pyridine rings is 1. The fourth-order valence-corrected chi connectivity index (χ4v) is 4.83. The van der Waals surface area contributed by atoms with Crippen LogP contribution in [0.25, 0.3) is 33.5 Å². The van der Waals surface area contributed by atoms with Crippen molar-refractivity contribution in [1.29, 1.82) is 0 Å². The van der Waals surface area contributed by atoms with E-state index in [0.717, 1.165) is 70.4 Å². The van der Waals surface area contributed by atoms with E-state index in [1.165, 1.54) is 0 Å². The molecule has 1 fully saturated rings. The van der Waals surface area contributed by atoms with Gasteiger partial charge in [0.15, 0.2) is 0 Å². The zero-order valence-electron chi connectivity index (χ0n) is 19.9. The highest BCUT2D eigenvalue weighted by Crippen LogP contribution is 2.33. The summed E-state index contributed by atoms with van der Waals surface area (Å²) in [5.74, 6) is 1.71. The molecule has 0 unspecified atom stereocenters. The molecule has 1 atom stereocenters. The first-order chi connectivity index (χ1) is 17.6. The van der Waals surface area contributed by atoms with Crippen molar-refractivity contribution in [2.24, 2.45) is 0 Å². The third kappa shape index (κ3) is 4.53. The van der Waals surface area contributed by atoms with Crippen LogP contribution in [0, 0.1) is 0 Å². The fraction of sp³-hybridized carbons (Fsp3) is 0.172. The van der Waals surface area contributed by atoms with Crippen LogP contribution in [0.15, 0.2) is 85.1 Å². The molecule has 0 saturated carbocycles. The van der Waals surface area contributed by atoms with Crippen LogP contribution in [-0.4, -0.2) is 40.8 Å². The van der Waals surface area contributed by atoms with Crippen molar-refractivity contribution in [2.45, 2.75) is 13.0 Å². The van der Waals surface area contributed by atoms with Gasteiger partial charge in [-0.3, -0.25) is 0 Å². The number of fused-ring (bicyclic) bond motifs is 1. The van der Waals surface area contributed by atoms with Gasteiger partial charge in [-0.1, -0.05) is 48.0 Å². The average Bonchev–Trinajstić information content (AvgIpc) is 3.40. The summed E-state index contributed by atoms with van der Waals surface area (Å²) in [7, 11) is 0. The summed E-state index contributed by atoms with van der Waals surface area (Å²) in [4.78, 5) is 15.2. The third-order valence-corrected chi connectivity index (χ3v) is 6.77. The van der Waals surface area contributed by atoms with E-state index in [9.17, 15) is 0 Å². The average molecular weight is 496 g/mol. The molecule has 3 heterocycles. The third-order valence-electron chi connectivity index (χ3n) is 6.44. The molecule has 1 aliphatic heterocycles. The zero-order chi connectivity index (χ0) is 24.5. The number of anilines is 3. The van der Waals surface area contributed by atoms with E-state index in [1.807, 2.05) is 48.7 Å². The number of nitrogens with zero attached hydrogens (tertiary/aromatic N) is 3. The molecular weight excluding hydrogens is 470 g/mol. The molecule has 0 radical (unpaired) electrons. The number of hydrogen-bond donors (Lipinski definition) is 2. The summed E-state index contributed by atoms with van der Waals surface area (Å²) in [6.07, 6.45) is 2.05. The minimum Gasteiger partial charge on any atom is -0.375 e. The number of aromatic amines is 1. The number of aromatic nitrogens is 3. The van der Waals surface area contributed by atoms with Crippen molar-refractivity contribution in [3.05, 3.63) is 90.1 Å². The van der Waals surface area contributed by atoms with E-state index in [1.54, 1.807) is 0 Å². The van der Waals surface area contributed by atoms with E-state index >= 15 is 0 Å². The monoisotopic (exact) mass is 495 g/mol. The first kappa shape index (κ1) is 22.6. The molecule has 0 aliphatic carbocycles. The van der Waals surface area contributed by atoms with Crippen molar-refractivity contribution in [3.63, 3.8) is 0 Å². The van der Waals surface area contributed by atoms with Gasteiger partial charge in [-0.15, -0.1) is 0 Å². The maximum absolute atomic E-state index is 6.57. The van der Waals surface area contributed by atoms with Crippen LogP contribution >= 0.6 is 11.6 Å². The van der Waals surface area contributed by atoms with Crippen LogP contribution in [0.3, 0.4) is 0 Å². The Bertz CT molecular complexity index is 1520. The van der Waals surface area contributed by atoms with E-state index in [2.05, 4.69) is 63.5 Å². The minimum absolute atomic E-state index is 0.210. The van der Waals surface area contributed by atoms with Crippen molar-refractivity contribution < 1.29 is 4.74 Å². The number of rotatable bonds is 5. The van der Waals surface area contributed by atoms with Gasteiger partial charge < -0.3 is 19.9 Å². The molecule has 2 N–H and O–H groups in total. The number of halogens is 1. The van der Waals surface area contributed by atoms with Gasteiger partial charge in [0.25, 0.3) is 0 Å². The van der Waals surface area contributed by atoms with E-state index in [-0.39, 0.29) is 6.10 Å². The van der Waals surface area contributed by atoms with Gasteiger partial charge in [-0.05, 0) is 55.0 Å². The molecule has 6 nitrogen and oxygen atoms in total. The summed E-state index contributed by atoms with van der Waals surface area (Å²) in [6.45, 7) is 4.53. The highest BCUT2D eigenvalue weighted by molar-refractivity contribution is 6.33. The normalized spacial score (nSPS) is 15.8. The molecule has 1 saturated heterocycles. The summed E-state index contributed by atoms with van der Waals surface area (Å²) in [6, 6.07) is 26.4. The lowest BCUT2D eigenvalue weighted by Crippen LogP contribution is -2.41. The molecule has 36 heavy (non-hydrogen) atoms. The van der Waals surface area contributed by atoms with Crippen molar-refractivity contribution in [1.82, 2.24) is 15.0 Å². The van der Waals surface area contributed by atoms with E-state index < -0.39 is 0 Å². The minimum atomic E-state index is 0.210. The van der Waals surface area contributed by atoms with Crippen molar-refractivity contribution >= 4 is 39.7 Å². The van der Waals surface area contributed by atoms with Crippen LogP contribution in [-0.2, 0) is 4.74 Å². The van der Waals surface area contributed by atoms with Gasteiger partial charge in [0.1, 0.15) is 11.6 Å². The second kappa shape index (κ2) is 9.64. The summed E-state index contributed by atoms with van der Waals surface area (Å²) in [5.41, 5.74) is 5.72. The van der Waals surface area contributed by atoms with Crippen LogP contribution in [0.5, 0.6) is 0 Å².